The lowest BCUT2D eigenvalue weighted by Crippen LogP contribution is -2.23. The number of hydrogen-bond donors (Lipinski definition) is 0. The molecule has 0 heteroatoms. The predicted molar refractivity (Wildman–Crippen MR) is 162 cm³/mol. The van der Waals surface area contributed by atoms with Crippen molar-refractivity contribution in [1.29, 1.82) is 0 Å². The van der Waals surface area contributed by atoms with Crippen LogP contribution in [0.2, 0.25) is 0 Å². The Labute approximate surface area is 226 Å². The van der Waals surface area contributed by atoms with Crippen LogP contribution >= 0.6 is 0 Å². The molecule has 3 aliphatic rings. The van der Waals surface area contributed by atoms with Gasteiger partial charge in [0.05, 0.1) is 0 Å². The van der Waals surface area contributed by atoms with Crippen LogP contribution in [0.1, 0.15) is 76.3 Å². The maximum atomic E-state index is 2.53. The first-order valence-electron chi connectivity index (χ1n) is 14.0. The number of hydrogen-bond acceptors (Lipinski definition) is 0. The van der Waals surface area contributed by atoms with Gasteiger partial charge in [0.15, 0.2) is 0 Å². The topological polar surface area (TPSA) is 0 Å². The second kappa shape index (κ2) is 6.67. The summed E-state index contributed by atoms with van der Waals surface area (Å²) in [4.78, 5) is 0. The largest absolute Gasteiger partial charge is 0.0619 e. The Morgan fingerprint density at radius 1 is 0.421 bits per heavy atom. The van der Waals surface area contributed by atoms with Crippen molar-refractivity contribution in [2.75, 3.05) is 0 Å². The molecule has 0 fully saturated rings. The molecule has 0 saturated heterocycles. The molecule has 0 heterocycles. The van der Waals surface area contributed by atoms with Crippen molar-refractivity contribution in [2.45, 2.75) is 64.7 Å². The third kappa shape index (κ3) is 2.52. The van der Waals surface area contributed by atoms with Crippen molar-refractivity contribution in [3.05, 3.63) is 107 Å². The average Bonchev–Trinajstić information content (AvgIpc) is 3.32. The third-order valence-corrected chi connectivity index (χ3v) is 9.99. The Balaban J connectivity index is 1.41. The van der Waals surface area contributed by atoms with Gasteiger partial charge in [-0.25, -0.2) is 0 Å². The first-order chi connectivity index (χ1) is 18.0. The smallest absolute Gasteiger partial charge is 0.0159 e. The first kappa shape index (κ1) is 22.4. The van der Waals surface area contributed by atoms with Gasteiger partial charge < -0.3 is 0 Å². The lowest BCUT2D eigenvalue weighted by Gasteiger charge is -2.35. The van der Waals surface area contributed by atoms with Gasteiger partial charge in [0.1, 0.15) is 0 Å². The van der Waals surface area contributed by atoms with Gasteiger partial charge in [0.2, 0.25) is 0 Å². The number of fused-ring (bicyclic) bond motifs is 8. The molecule has 186 valence electrons. The van der Waals surface area contributed by atoms with E-state index in [1.807, 2.05) is 0 Å². The lowest BCUT2D eigenvalue weighted by atomic mass is 9.68. The van der Waals surface area contributed by atoms with E-state index < -0.39 is 0 Å². The van der Waals surface area contributed by atoms with E-state index in [2.05, 4.69) is 127 Å². The van der Waals surface area contributed by atoms with Crippen LogP contribution < -0.4 is 0 Å². The SMILES string of the molecule is CC(C)(C)c1ccc2c(c1)C(C)(C)c1cc3c(cc1-2)-c1ccc2c4c(ccc-3c14)-c1ccccc1C2(C)C. The Morgan fingerprint density at radius 3 is 1.71 bits per heavy atom. The van der Waals surface area contributed by atoms with Gasteiger partial charge >= 0.3 is 0 Å². The lowest BCUT2D eigenvalue weighted by molar-refractivity contribution is 0.585. The highest BCUT2D eigenvalue weighted by Crippen LogP contribution is 2.59. The fourth-order valence-corrected chi connectivity index (χ4v) is 7.79. The van der Waals surface area contributed by atoms with Crippen LogP contribution in [-0.4, -0.2) is 0 Å². The van der Waals surface area contributed by atoms with E-state index in [9.17, 15) is 0 Å². The van der Waals surface area contributed by atoms with Crippen LogP contribution in [-0.2, 0) is 16.2 Å². The molecule has 0 N–H and O–H groups in total. The molecule has 0 unspecified atom stereocenters. The molecule has 8 rings (SSSR count). The molecule has 0 aliphatic heterocycles. The summed E-state index contributed by atoms with van der Waals surface area (Å²) in [6.07, 6.45) is 0. The van der Waals surface area contributed by atoms with E-state index in [1.54, 1.807) is 0 Å². The van der Waals surface area contributed by atoms with Crippen molar-refractivity contribution in [2.24, 2.45) is 0 Å². The zero-order chi connectivity index (χ0) is 26.4. The predicted octanol–water partition coefficient (Wildman–Crippen LogP) is 10.4. The average molecular weight is 491 g/mol. The van der Waals surface area contributed by atoms with E-state index in [4.69, 9.17) is 0 Å². The summed E-state index contributed by atoms with van der Waals surface area (Å²) in [5, 5.41) is 2.90. The summed E-state index contributed by atoms with van der Waals surface area (Å²) in [6, 6.07) is 30.8. The molecule has 0 aromatic heterocycles. The zero-order valence-corrected chi connectivity index (χ0v) is 23.5. The van der Waals surface area contributed by atoms with Crippen molar-refractivity contribution < 1.29 is 0 Å². The quantitative estimate of drug-likeness (QED) is 0.199. The molecular weight excluding hydrogens is 456 g/mol. The standard InChI is InChI=1S/C38H34/c1-36(2,3)21-12-13-23-29-19-27-26-16-17-31-35-24(22-10-8-9-11-30(22)37(31,4)5)14-15-25(34(26)35)28(27)20-33(29)38(6,7)32(23)18-21/h8-20H,1-7H3. The molecule has 0 nitrogen and oxygen atoms in total. The van der Waals surface area contributed by atoms with Crippen molar-refractivity contribution >= 4 is 10.8 Å². The van der Waals surface area contributed by atoms with E-state index >= 15 is 0 Å². The maximum Gasteiger partial charge on any atom is 0.0159 e. The van der Waals surface area contributed by atoms with E-state index in [-0.39, 0.29) is 16.2 Å². The molecule has 0 bridgehead atoms. The highest BCUT2D eigenvalue weighted by atomic mass is 14.4. The summed E-state index contributed by atoms with van der Waals surface area (Å²) in [7, 11) is 0. The van der Waals surface area contributed by atoms with Gasteiger partial charge in [0, 0.05) is 10.8 Å². The number of rotatable bonds is 0. The molecule has 0 saturated carbocycles. The Morgan fingerprint density at radius 2 is 0.974 bits per heavy atom. The van der Waals surface area contributed by atoms with E-state index in [0.29, 0.717) is 0 Å². The maximum absolute atomic E-state index is 2.53. The normalized spacial score (nSPS) is 16.7. The molecule has 5 aromatic rings. The van der Waals surface area contributed by atoms with Crippen LogP contribution in [0.3, 0.4) is 0 Å². The van der Waals surface area contributed by atoms with Crippen LogP contribution in [0.15, 0.2) is 78.9 Å². The van der Waals surface area contributed by atoms with Gasteiger partial charge in [-0.1, -0.05) is 115 Å². The minimum Gasteiger partial charge on any atom is -0.0619 e. The van der Waals surface area contributed by atoms with Gasteiger partial charge in [0.25, 0.3) is 0 Å². The van der Waals surface area contributed by atoms with Crippen molar-refractivity contribution in [1.82, 2.24) is 0 Å². The number of benzene rings is 5. The third-order valence-electron chi connectivity index (χ3n) is 9.99. The van der Waals surface area contributed by atoms with Crippen molar-refractivity contribution in [3.63, 3.8) is 0 Å². The second-order valence-electron chi connectivity index (χ2n) is 13.8. The minimum absolute atomic E-state index is 0.0215. The van der Waals surface area contributed by atoms with Gasteiger partial charge in [-0.15, -0.1) is 0 Å². The molecule has 0 atom stereocenters. The Hall–Kier alpha value is -3.64. The first-order valence-corrected chi connectivity index (χ1v) is 14.0. The monoisotopic (exact) mass is 490 g/mol. The van der Waals surface area contributed by atoms with Crippen LogP contribution in [0.4, 0.5) is 0 Å². The summed E-state index contributed by atoms with van der Waals surface area (Å²) >= 11 is 0. The van der Waals surface area contributed by atoms with Crippen molar-refractivity contribution in [3.8, 4) is 44.5 Å². The molecule has 3 aliphatic carbocycles. The van der Waals surface area contributed by atoms with Crippen LogP contribution in [0.5, 0.6) is 0 Å². The summed E-state index contributed by atoms with van der Waals surface area (Å²) in [6.45, 7) is 16.5. The second-order valence-corrected chi connectivity index (χ2v) is 13.8. The van der Waals surface area contributed by atoms with Gasteiger partial charge in [-0.3, -0.25) is 0 Å². The molecule has 5 aromatic carbocycles. The molecule has 38 heavy (non-hydrogen) atoms. The fourth-order valence-electron chi connectivity index (χ4n) is 7.79. The fraction of sp³-hybridized carbons (Fsp3) is 0.263. The zero-order valence-electron chi connectivity index (χ0n) is 23.5. The molecular formula is C38H34. The Bertz CT molecular complexity index is 1880. The molecule has 0 radical (unpaired) electrons. The van der Waals surface area contributed by atoms with E-state index in [0.717, 1.165) is 0 Å². The van der Waals surface area contributed by atoms with Gasteiger partial charge in [-0.05, 0) is 101 Å². The summed E-state index contributed by atoms with van der Waals surface area (Å²) in [5.41, 5.74) is 18.5. The highest BCUT2D eigenvalue weighted by Gasteiger charge is 2.40. The molecule has 0 spiro atoms. The molecule has 0 amide bonds. The van der Waals surface area contributed by atoms with Crippen LogP contribution in [0, 0.1) is 0 Å². The minimum atomic E-state index is -0.0248. The highest BCUT2D eigenvalue weighted by molar-refractivity contribution is 6.21. The van der Waals surface area contributed by atoms with E-state index in [1.165, 1.54) is 83.1 Å². The van der Waals surface area contributed by atoms with Gasteiger partial charge in [-0.2, -0.15) is 0 Å². The van der Waals surface area contributed by atoms with Crippen LogP contribution in [0.25, 0.3) is 55.3 Å². The Kier molecular flexibility index (Phi) is 3.92. The summed E-state index contributed by atoms with van der Waals surface area (Å²) < 4.78 is 0. The summed E-state index contributed by atoms with van der Waals surface area (Å²) in [5.74, 6) is 0.